The van der Waals surface area contributed by atoms with Gasteiger partial charge in [0.15, 0.2) is 11.5 Å². The summed E-state index contributed by atoms with van der Waals surface area (Å²) in [5.41, 5.74) is 7.36. The van der Waals surface area contributed by atoms with Crippen LogP contribution in [0.3, 0.4) is 0 Å². The van der Waals surface area contributed by atoms with E-state index in [0.29, 0.717) is 47.4 Å². The molecular weight excluding hydrogens is 430 g/mol. The Morgan fingerprint density at radius 2 is 1.97 bits per heavy atom. The number of nitrogen functional groups attached to an aromatic ring is 1. The number of nitrogens with zero attached hydrogens (tertiary/aromatic N) is 2. The molecule has 9 heteroatoms. The van der Waals surface area contributed by atoms with Crippen molar-refractivity contribution in [3.05, 3.63) is 47.3 Å². The first kappa shape index (κ1) is 23.0. The maximum Gasteiger partial charge on any atom is 0.270 e. The van der Waals surface area contributed by atoms with Crippen molar-refractivity contribution < 1.29 is 23.0 Å². The van der Waals surface area contributed by atoms with Crippen molar-refractivity contribution in [3.63, 3.8) is 0 Å². The summed E-state index contributed by atoms with van der Waals surface area (Å²) in [6.45, 7) is 5.69. The standard InChI is InChI=1S/C24H28F2N4O3/c1-13(15-7-16(24(3,25)26)9-17(27)8-15)28-23-19-10-22(33-18-5-6-32-12-18)21(31-4)11-20(19)29-14(2)30-23/h7-11,13,18H,5-6,12,27H2,1-4H3,(H,28,29,30)/t13-,18+/m1/s1. The van der Waals surface area contributed by atoms with Crippen LogP contribution in [0.25, 0.3) is 10.9 Å². The topological polar surface area (TPSA) is 91.5 Å². The van der Waals surface area contributed by atoms with E-state index < -0.39 is 5.92 Å². The second-order valence-corrected chi connectivity index (χ2v) is 8.39. The van der Waals surface area contributed by atoms with E-state index in [2.05, 4.69) is 15.3 Å². The Labute approximate surface area is 191 Å². The van der Waals surface area contributed by atoms with Crippen molar-refractivity contribution in [3.8, 4) is 11.5 Å². The van der Waals surface area contributed by atoms with Crippen molar-refractivity contribution in [2.24, 2.45) is 0 Å². The monoisotopic (exact) mass is 458 g/mol. The second kappa shape index (κ2) is 8.97. The lowest BCUT2D eigenvalue weighted by Gasteiger charge is -2.21. The maximum absolute atomic E-state index is 13.9. The Hall–Kier alpha value is -3.20. The molecule has 1 saturated heterocycles. The highest BCUT2D eigenvalue weighted by Gasteiger charge is 2.26. The zero-order chi connectivity index (χ0) is 23.8. The van der Waals surface area contributed by atoms with E-state index in [1.165, 1.54) is 12.1 Å². The fourth-order valence-electron chi connectivity index (χ4n) is 3.87. The molecule has 1 aromatic heterocycles. The van der Waals surface area contributed by atoms with Crippen LogP contribution in [0.4, 0.5) is 20.3 Å². The third kappa shape index (κ3) is 5.08. The number of nitrogens with one attached hydrogen (secondary N) is 1. The lowest BCUT2D eigenvalue weighted by molar-refractivity contribution is 0.0174. The number of halogens is 2. The Kier molecular flexibility index (Phi) is 6.25. The molecule has 0 bridgehead atoms. The summed E-state index contributed by atoms with van der Waals surface area (Å²) in [6.07, 6.45) is 0.743. The van der Waals surface area contributed by atoms with Crippen molar-refractivity contribution in [1.29, 1.82) is 0 Å². The SMILES string of the molecule is COc1cc2nc(C)nc(N[C@H](C)c3cc(N)cc(C(C)(F)F)c3)c2cc1O[C@H]1CCOC1. The fraction of sp³-hybridized carbons (Fsp3) is 0.417. The summed E-state index contributed by atoms with van der Waals surface area (Å²) in [7, 11) is 1.58. The molecule has 2 heterocycles. The van der Waals surface area contributed by atoms with Crippen molar-refractivity contribution in [2.45, 2.75) is 45.3 Å². The van der Waals surface area contributed by atoms with E-state index in [-0.39, 0.29) is 23.4 Å². The van der Waals surface area contributed by atoms with Crippen LogP contribution in [0.15, 0.2) is 30.3 Å². The summed E-state index contributed by atoms with van der Waals surface area (Å²) in [5, 5.41) is 4.06. The first-order valence-corrected chi connectivity index (χ1v) is 10.8. The van der Waals surface area contributed by atoms with Gasteiger partial charge in [0, 0.05) is 36.0 Å². The minimum Gasteiger partial charge on any atom is -0.493 e. The van der Waals surface area contributed by atoms with E-state index in [9.17, 15) is 8.78 Å². The van der Waals surface area contributed by atoms with Gasteiger partial charge in [-0.05, 0) is 43.7 Å². The van der Waals surface area contributed by atoms with Crippen molar-refractivity contribution in [1.82, 2.24) is 9.97 Å². The molecule has 7 nitrogen and oxygen atoms in total. The predicted molar refractivity (Wildman–Crippen MR) is 123 cm³/mol. The fourth-order valence-corrected chi connectivity index (χ4v) is 3.87. The van der Waals surface area contributed by atoms with Crippen LogP contribution < -0.4 is 20.5 Å². The molecule has 176 valence electrons. The van der Waals surface area contributed by atoms with Crippen LogP contribution in [0.5, 0.6) is 11.5 Å². The number of rotatable bonds is 7. The number of nitrogens with two attached hydrogens (primary N) is 1. The zero-order valence-electron chi connectivity index (χ0n) is 19.1. The maximum atomic E-state index is 13.9. The number of aromatic nitrogens is 2. The quantitative estimate of drug-likeness (QED) is 0.483. The average Bonchev–Trinajstić information content (AvgIpc) is 3.25. The smallest absolute Gasteiger partial charge is 0.270 e. The number of aryl methyl sites for hydroxylation is 1. The number of hydrogen-bond donors (Lipinski definition) is 2. The zero-order valence-corrected chi connectivity index (χ0v) is 19.1. The molecule has 0 amide bonds. The van der Waals surface area contributed by atoms with Gasteiger partial charge >= 0.3 is 0 Å². The number of methoxy groups -OCH3 is 1. The third-order valence-corrected chi connectivity index (χ3v) is 5.61. The predicted octanol–water partition coefficient (Wildman–Crippen LogP) is 4.98. The first-order chi connectivity index (χ1) is 15.6. The van der Waals surface area contributed by atoms with Crippen LogP contribution in [0, 0.1) is 6.92 Å². The number of alkyl halides is 2. The minimum atomic E-state index is -2.99. The Balaban J connectivity index is 1.71. The van der Waals surface area contributed by atoms with E-state index in [1.807, 2.05) is 13.0 Å². The molecule has 0 radical (unpaired) electrons. The molecular formula is C24H28F2N4O3. The molecule has 2 aromatic carbocycles. The second-order valence-electron chi connectivity index (χ2n) is 8.39. The van der Waals surface area contributed by atoms with Crippen LogP contribution in [0.2, 0.25) is 0 Å². The number of ether oxygens (including phenoxy) is 3. The van der Waals surface area contributed by atoms with E-state index in [0.717, 1.165) is 18.7 Å². The third-order valence-electron chi connectivity index (χ3n) is 5.61. The van der Waals surface area contributed by atoms with Gasteiger partial charge in [-0.2, -0.15) is 0 Å². The molecule has 3 N–H and O–H groups in total. The van der Waals surface area contributed by atoms with E-state index in [4.69, 9.17) is 19.9 Å². The molecule has 0 spiro atoms. The number of benzene rings is 2. The summed E-state index contributed by atoms with van der Waals surface area (Å²) >= 11 is 0. The number of hydrogen-bond acceptors (Lipinski definition) is 7. The van der Waals surface area contributed by atoms with Crippen LogP contribution in [0.1, 0.15) is 43.3 Å². The van der Waals surface area contributed by atoms with Crippen LogP contribution >= 0.6 is 0 Å². The van der Waals surface area contributed by atoms with Gasteiger partial charge < -0.3 is 25.3 Å². The number of fused-ring (bicyclic) bond motifs is 1. The van der Waals surface area contributed by atoms with Gasteiger partial charge in [-0.1, -0.05) is 0 Å². The lowest BCUT2D eigenvalue weighted by Crippen LogP contribution is -2.16. The summed E-state index contributed by atoms with van der Waals surface area (Å²) in [6, 6.07) is 7.74. The first-order valence-electron chi connectivity index (χ1n) is 10.8. The molecule has 2 atom stereocenters. The highest BCUT2D eigenvalue weighted by Crippen LogP contribution is 2.37. The molecule has 0 saturated carbocycles. The van der Waals surface area contributed by atoms with Gasteiger partial charge in [0.2, 0.25) is 0 Å². The normalized spacial score (nSPS) is 17.2. The summed E-state index contributed by atoms with van der Waals surface area (Å²) in [5.74, 6) is -0.732. The van der Waals surface area contributed by atoms with Gasteiger partial charge in [0.25, 0.3) is 5.92 Å². The molecule has 0 aliphatic carbocycles. The minimum absolute atomic E-state index is 0.0560. The van der Waals surface area contributed by atoms with E-state index >= 15 is 0 Å². The Morgan fingerprint density at radius 3 is 2.64 bits per heavy atom. The molecule has 3 aromatic rings. The average molecular weight is 459 g/mol. The molecule has 4 rings (SSSR count). The molecule has 1 aliphatic rings. The van der Waals surface area contributed by atoms with Crippen LogP contribution in [-0.4, -0.2) is 36.4 Å². The number of anilines is 2. The van der Waals surface area contributed by atoms with Gasteiger partial charge in [0.05, 0.1) is 31.9 Å². The molecule has 0 unspecified atom stereocenters. The summed E-state index contributed by atoms with van der Waals surface area (Å²) in [4.78, 5) is 9.09. The Morgan fingerprint density at radius 1 is 1.18 bits per heavy atom. The molecule has 33 heavy (non-hydrogen) atoms. The van der Waals surface area contributed by atoms with Gasteiger partial charge in [0.1, 0.15) is 17.7 Å². The summed E-state index contributed by atoms with van der Waals surface area (Å²) < 4.78 is 44.9. The van der Waals surface area contributed by atoms with E-state index in [1.54, 1.807) is 26.2 Å². The van der Waals surface area contributed by atoms with Crippen molar-refractivity contribution >= 4 is 22.4 Å². The highest BCUT2D eigenvalue weighted by molar-refractivity contribution is 5.92. The van der Waals surface area contributed by atoms with Crippen LogP contribution in [-0.2, 0) is 10.7 Å². The van der Waals surface area contributed by atoms with Gasteiger partial charge in [-0.25, -0.2) is 18.7 Å². The van der Waals surface area contributed by atoms with Gasteiger partial charge in [-0.3, -0.25) is 0 Å². The largest absolute Gasteiger partial charge is 0.493 e. The lowest BCUT2D eigenvalue weighted by atomic mass is 10.0. The van der Waals surface area contributed by atoms with Crippen molar-refractivity contribution in [2.75, 3.05) is 31.4 Å². The Bertz CT molecular complexity index is 1160. The highest BCUT2D eigenvalue weighted by atomic mass is 19.3. The van der Waals surface area contributed by atoms with Gasteiger partial charge in [-0.15, -0.1) is 0 Å². The molecule has 1 fully saturated rings. The molecule has 1 aliphatic heterocycles.